The molecule has 0 bridgehead atoms. The monoisotopic (exact) mass is 369 g/mol. The van der Waals surface area contributed by atoms with Crippen molar-refractivity contribution in [1.82, 2.24) is 4.98 Å². The van der Waals surface area contributed by atoms with Crippen LogP contribution in [0.4, 0.5) is 4.79 Å². The standard InChI is InChI=1S/C21H20ClNO3/c1-5-25-21(24)26-20-16-11-17(22)13(3)10-18(16)23-14(4)19(20)15-9-7-6-8-12(15)2/h6-11H,5H2,1-4H3. The fraction of sp³-hybridized carbons (Fsp3) is 0.238. The van der Waals surface area contributed by atoms with Gasteiger partial charge in [0.15, 0.2) is 5.75 Å². The largest absolute Gasteiger partial charge is 0.513 e. The third-order valence-electron chi connectivity index (χ3n) is 4.26. The molecule has 134 valence electrons. The second-order valence-electron chi connectivity index (χ2n) is 6.12. The van der Waals surface area contributed by atoms with Gasteiger partial charge in [-0.3, -0.25) is 4.98 Å². The minimum absolute atomic E-state index is 0.237. The molecule has 3 rings (SSSR count). The number of carbonyl (C=O) groups is 1. The molecule has 0 amide bonds. The summed E-state index contributed by atoms with van der Waals surface area (Å²) < 4.78 is 10.6. The van der Waals surface area contributed by atoms with E-state index >= 15 is 0 Å². The lowest BCUT2D eigenvalue weighted by atomic mass is 9.96. The number of halogens is 1. The van der Waals surface area contributed by atoms with Gasteiger partial charge in [0.05, 0.1) is 12.1 Å². The van der Waals surface area contributed by atoms with Crippen molar-refractivity contribution in [2.24, 2.45) is 0 Å². The van der Waals surface area contributed by atoms with Crippen molar-refractivity contribution in [1.29, 1.82) is 0 Å². The Morgan fingerprint density at radius 2 is 1.85 bits per heavy atom. The SMILES string of the molecule is CCOC(=O)Oc1c(-c2ccccc2C)c(C)nc2cc(C)c(Cl)cc12. The summed E-state index contributed by atoms with van der Waals surface area (Å²) in [6.07, 6.45) is -0.745. The summed E-state index contributed by atoms with van der Waals surface area (Å²) in [6, 6.07) is 11.6. The molecule has 1 aromatic heterocycles. The van der Waals surface area contributed by atoms with E-state index in [0.717, 1.165) is 33.5 Å². The van der Waals surface area contributed by atoms with Gasteiger partial charge in [0, 0.05) is 21.7 Å². The van der Waals surface area contributed by atoms with Crippen molar-refractivity contribution in [2.45, 2.75) is 27.7 Å². The summed E-state index contributed by atoms with van der Waals surface area (Å²) in [5, 5.41) is 1.27. The molecule has 0 unspecified atom stereocenters. The molecule has 1 heterocycles. The van der Waals surface area contributed by atoms with Crippen molar-refractivity contribution >= 4 is 28.7 Å². The molecule has 0 aliphatic carbocycles. The summed E-state index contributed by atoms with van der Waals surface area (Å²) >= 11 is 6.33. The number of ether oxygens (including phenoxy) is 2. The molecule has 0 saturated carbocycles. The third-order valence-corrected chi connectivity index (χ3v) is 4.67. The molecule has 0 N–H and O–H groups in total. The van der Waals surface area contributed by atoms with E-state index in [0.29, 0.717) is 16.2 Å². The Hall–Kier alpha value is -2.59. The van der Waals surface area contributed by atoms with Gasteiger partial charge in [-0.05, 0) is 56.5 Å². The maximum atomic E-state index is 12.1. The van der Waals surface area contributed by atoms with E-state index in [1.165, 1.54) is 0 Å². The molecule has 0 fully saturated rings. The van der Waals surface area contributed by atoms with Gasteiger partial charge in [-0.1, -0.05) is 35.9 Å². The number of pyridine rings is 1. The summed E-state index contributed by atoms with van der Waals surface area (Å²) in [5.41, 5.74) is 5.19. The molecule has 0 aliphatic heterocycles. The van der Waals surface area contributed by atoms with E-state index in [-0.39, 0.29) is 6.61 Å². The van der Waals surface area contributed by atoms with Gasteiger partial charge in [-0.25, -0.2) is 4.79 Å². The minimum Gasteiger partial charge on any atom is -0.434 e. The normalized spacial score (nSPS) is 10.8. The van der Waals surface area contributed by atoms with Crippen LogP contribution < -0.4 is 4.74 Å². The van der Waals surface area contributed by atoms with E-state index < -0.39 is 6.16 Å². The van der Waals surface area contributed by atoms with Crippen LogP contribution in [0.1, 0.15) is 23.7 Å². The van der Waals surface area contributed by atoms with Crippen molar-refractivity contribution in [3.8, 4) is 16.9 Å². The van der Waals surface area contributed by atoms with Gasteiger partial charge in [0.1, 0.15) is 0 Å². The first kappa shape index (κ1) is 18.2. The molecule has 3 aromatic rings. The first-order chi connectivity index (χ1) is 12.4. The van der Waals surface area contributed by atoms with Crippen molar-refractivity contribution in [3.05, 3.63) is 58.2 Å². The van der Waals surface area contributed by atoms with E-state index in [1.807, 2.05) is 51.1 Å². The molecular weight excluding hydrogens is 350 g/mol. The molecule has 0 radical (unpaired) electrons. The Labute approximate surface area is 157 Å². The fourth-order valence-electron chi connectivity index (χ4n) is 2.98. The van der Waals surface area contributed by atoms with Gasteiger partial charge in [-0.15, -0.1) is 0 Å². The zero-order chi connectivity index (χ0) is 18.8. The molecule has 5 heteroatoms. The van der Waals surface area contributed by atoms with Gasteiger partial charge >= 0.3 is 6.16 Å². The Morgan fingerprint density at radius 1 is 1.12 bits per heavy atom. The number of rotatable bonds is 3. The van der Waals surface area contributed by atoms with Gasteiger partial charge in [-0.2, -0.15) is 0 Å². The Bertz CT molecular complexity index is 998. The van der Waals surface area contributed by atoms with Crippen LogP contribution in [0.2, 0.25) is 5.02 Å². The molecular formula is C21H20ClNO3. The molecule has 2 aromatic carbocycles. The Kier molecular flexibility index (Phi) is 5.14. The lowest BCUT2D eigenvalue weighted by Crippen LogP contribution is -2.12. The van der Waals surface area contributed by atoms with E-state index in [9.17, 15) is 4.79 Å². The van der Waals surface area contributed by atoms with Crippen molar-refractivity contribution in [2.75, 3.05) is 6.61 Å². The van der Waals surface area contributed by atoms with Gasteiger partial charge < -0.3 is 9.47 Å². The number of benzene rings is 2. The average Bonchev–Trinajstić information content (AvgIpc) is 2.58. The van der Waals surface area contributed by atoms with Crippen LogP contribution in [0, 0.1) is 20.8 Å². The van der Waals surface area contributed by atoms with Gasteiger partial charge in [0.2, 0.25) is 0 Å². The minimum atomic E-state index is -0.745. The summed E-state index contributed by atoms with van der Waals surface area (Å²) in [6.45, 7) is 7.80. The van der Waals surface area contributed by atoms with Gasteiger partial charge in [0.25, 0.3) is 0 Å². The predicted octanol–water partition coefficient (Wildman–Crippen LogP) is 6.02. The molecule has 0 saturated heterocycles. The van der Waals surface area contributed by atoms with Crippen LogP contribution in [0.3, 0.4) is 0 Å². The zero-order valence-electron chi connectivity index (χ0n) is 15.2. The van der Waals surface area contributed by atoms with E-state index in [4.69, 9.17) is 26.1 Å². The zero-order valence-corrected chi connectivity index (χ0v) is 16.0. The van der Waals surface area contributed by atoms with E-state index in [1.54, 1.807) is 13.0 Å². The number of aromatic nitrogens is 1. The van der Waals surface area contributed by atoms with Crippen LogP contribution in [0.15, 0.2) is 36.4 Å². The van der Waals surface area contributed by atoms with Crippen molar-refractivity contribution in [3.63, 3.8) is 0 Å². The highest BCUT2D eigenvalue weighted by Gasteiger charge is 2.21. The van der Waals surface area contributed by atoms with Crippen molar-refractivity contribution < 1.29 is 14.3 Å². The Morgan fingerprint density at radius 3 is 2.54 bits per heavy atom. The quantitative estimate of drug-likeness (QED) is 0.530. The third kappa shape index (κ3) is 3.37. The second kappa shape index (κ2) is 7.34. The predicted molar refractivity (Wildman–Crippen MR) is 104 cm³/mol. The number of hydrogen-bond acceptors (Lipinski definition) is 4. The second-order valence-corrected chi connectivity index (χ2v) is 6.53. The topological polar surface area (TPSA) is 48.4 Å². The Balaban J connectivity index is 2.35. The lowest BCUT2D eigenvalue weighted by molar-refractivity contribution is 0.105. The molecule has 0 aliphatic rings. The van der Waals surface area contributed by atoms with Crippen LogP contribution in [0.25, 0.3) is 22.0 Å². The lowest BCUT2D eigenvalue weighted by Gasteiger charge is -2.17. The molecule has 0 atom stereocenters. The maximum absolute atomic E-state index is 12.1. The maximum Gasteiger partial charge on any atom is 0.513 e. The number of hydrogen-bond donors (Lipinski definition) is 0. The van der Waals surface area contributed by atoms with E-state index in [2.05, 4.69) is 0 Å². The highest BCUT2D eigenvalue weighted by molar-refractivity contribution is 6.32. The first-order valence-electron chi connectivity index (χ1n) is 8.43. The van der Waals surface area contributed by atoms with Crippen LogP contribution in [0.5, 0.6) is 5.75 Å². The number of carbonyl (C=O) groups excluding carboxylic acids is 1. The summed E-state index contributed by atoms with van der Waals surface area (Å²) in [5.74, 6) is 0.419. The number of aryl methyl sites for hydroxylation is 3. The number of fused-ring (bicyclic) bond motifs is 1. The number of nitrogens with zero attached hydrogens (tertiary/aromatic N) is 1. The molecule has 4 nitrogen and oxygen atoms in total. The summed E-state index contributed by atoms with van der Waals surface area (Å²) in [4.78, 5) is 16.8. The highest BCUT2D eigenvalue weighted by Crippen LogP contribution is 2.41. The van der Waals surface area contributed by atoms with Crippen LogP contribution in [-0.2, 0) is 4.74 Å². The highest BCUT2D eigenvalue weighted by atomic mass is 35.5. The smallest absolute Gasteiger partial charge is 0.434 e. The van der Waals surface area contributed by atoms with Crippen LogP contribution in [-0.4, -0.2) is 17.7 Å². The fourth-order valence-corrected chi connectivity index (χ4v) is 3.15. The van der Waals surface area contributed by atoms with Crippen LogP contribution >= 0.6 is 11.6 Å². The molecule has 26 heavy (non-hydrogen) atoms. The molecule has 0 spiro atoms. The first-order valence-corrected chi connectivity index (χ1v) is 8.81. The average molecular weight is 370 g/mol. The summed E-state index contributed by atoms with van der Waals surface area (Å²) in [7, 11) is 0.